The Labute approximate surface area is 187 Å². The van der Waals surface area contributed by atoms with Gasteiger partial charge in [0.05, 0.1) is 11.1 Å². The summed E-state index contributed by atoms with van der Waals surface area (Å²) in [6, 6.07) is 4.63. The predicted octanol–water partition coefficient (Wildman–Crippen LogP) is 3.78. The summed E-state index contributed by atoms with van der Waals surface area (Å²) >= 11 is 0. The zero-order chi connectivity index (χ0) is 24.3. The first kappa shape index (κ1) is 24.8. The van der Waals surface area contributed by atoms with E-state index in [1.807, 2.05) is 41.5 Å². The van der Waals surface area contributed by atoms with E-state index in [0.29, 0.717) is 0 Å². The van der Waals surface area contributed by atoms with Gasteiger partial charge >= 0.3 is 11.9 Å². The van der Waals surface area contributed by atoms with Crippen LogP contribution in [0.2, 0.25) is 0 Å². The summed E-state index contributed by atoms with van der Waals surface area (Å²) in [7, 11) is 0. The van der Waals surface area contributed by atoms with Crippen molar-refractivity contribution in [1.82, 2.24) is 10.6 Å². The monoisotopic (exact) mass is 442 g/mol. The van der Waals surface area contributed by atoms with Crippen LogP contribution in [0.5, 0.6) is 0 Å². The maximum Gasteiger partial charge on any atom is 0.336 e. The van der Waals surface area contributed by atoms with E-state index in [1.165, 1.54) is 12.1 Å². The minimum Gasteiger partial charge on any atom is -0.478 e. The van der Waals surface area contributed by atoms with Crippen LogP contribution in [-0.4, -0.2) is 46.0 Å². The molecule has 0 spiro atoms. The van der Waals surface area contributed by atoms with Crippen LogP contribution in [0.25, 0.3) is 10.8 Å². The van der Waals surface area contributed by atoms with E-state index in [4.69, 9.17) is 0 Å². The molecule has 2 rings (SSSR count). The van der Waals surface area contributed by atoms with Crippen LogP contribution in [0, 0.1) is 11.8 Å². The van der Waals surface area contributed by atoms with Crippen LogP contribution < -0.4 is 10.6 Å². The van der Waals surface area contributed by atoms with E-state index in [0.717, 1.165) is 12.1 Å². The number of rotatable bonds is 8. The molecule has 0 aliphatic rings. The molecule has 2 unspecified atom stereocenters. The topological polar surface area (TPSA) is 133 Å². The summed E-state index contributed by atoms with van der Waals surface area (Å²) in [5.74, 6) is -3.48. The van der Waals surface area contributed by atoms with E-state index in [1.54, 1.807) is 0 Å². The molecule has 8 nitrogen and oxygen atoms in total. The van der Waals surface area contributed by atoms with Crippen molar-refractivity contribution < 1.29 is 29.4 Å². The van der Waals surface area contributed by atoms with E-state index in [9.17, 15) is 29.4 Å². The normalized spacial score (nSPS) is 13.1. The second-order valence-corrected chi connectivity index (χ2v) is 8.69. The summed E-state index contributed by atoms with van der Waals surface area (Å²) in [6.07, 6.45) is 0. The lowest BCUT2D eigenvalue weighted by atomic mass is 9.90. The molecule has 2 amide bonds. The number of amides is 2. The van der Waals surface area contributed by atoms with Crippen LogP contribution in [-0.2, 0) is 0 Å². The standard InChI is InChI=1S/C24H30N2O6/c1-11(2)13(5)25-21(27)15-7-8-16(22(28)26-14(6)12(3)4)20-18(24(31)32)10-9-17(19(15)20)23(29)30/h7-14H,1-6H3,(H,25,27)(H,26,28)(H,29,30)(H,31,32). The van der Waals surface area contributed by atoms with E-state index in [2.05, 4.69) is 10.6 Å². The number of carboxylic acids is 2. The van der Waals surface area contributed by atoms with Crippen LogP contribution in [0.4, 0.5) is 0 Å². The Morgan fingerprint density at radius 2 is 0.875 bits per heavy atom. The van der Waals surface area contributed by atoms with E-state index >= 15 is 0 Å². The molecule has 32 heavy (non-hydrogen) atoms. The highest BCUT2D eigenvalue weighted by molar-refractivity contribution is 6.23. The van der Waals surface area contributed by atoms with Crippen molar-refractivity contribution in [3.63, 3.8) is 0 Å². The molecule has 0 aromatic heterocycles. The molecule has 4 N–H and O–H groups in total. The van der Waals surface area contributed by atoms with Gasteiger partial charge in [-0.1, -0.05) is 27.7 Å². The Bertz CT molecular complexity index is 989. The fourth-order valence-electron chi connectivity index (χ4n) is 3.13. The number of benzene rings is 2. The van der Waals surface area contributed by atoms with Crippen molar-refractivity contribution >= 4 is 34.5 Å². The lowest BCUT2D eigenvalue weighted by molar-refractivity contribution is 0.0684. The van der Waals surface area contributed by atoms with Crippen molar-refractivity contribution in [3.05, 3.63) is 46.5 Å². The first-order valence-corrected chi connectivity index (χ1v) is 10.5. The number of aromatic carboxylic acids is 2. The Hall–Kier alpha value is -3.42. The number of fused-ring (bicyclic) bond motifs is 1. The molecule has 2 aromatic carbocycles. The van der Waals surface area contributed by atoms with Crippen LogP contribution in [0.1, 0.15) is 83.0 Å². The zero-order valence-corrected chi connectivity index (χ0v) is 19.1. The van der Waals surface area contributed by atoms with E-state index in [-0.39, 0.29) is 56.9 Å². The van der Waals surface area contributed by atoms with Crippen molar-refractivity contribution in [2.75, 3.05) is 0 Å². The maximum absolute atomic E-state index is 13.0. The predicted molar refractivity (Wildman–Crippen MR) is 121 cm³/mol. The number of carboxylic acid groups (broad SMARTS) is 2. The van der Waals surface area contributed by atoms with Gasteiger partial charge in [-0.05, 0) is 49.9 Å². The Morgan fingerprint density at radius 3 is 1.12 bits per heavy atom. The Balaban J connectivity index is 2.85. The van der Waals surface area contributed by atoms with Crippen molar-refractivity contribution in [2.24, 2.45) is 11.8 Å². The quantitative estimate of drug-likeness (QED) is 0.492. The molecule has 0 aliphatic heterocycles. The highest BCUT2D eigenvalue weighted by Crippen LogP contribution is 2.31. The number of carbonyl (C=O) groups is 4. The van der Waals surface area contributed by atoms with Crippen LogP contribution >= 0.6 is 0 Å². The second kappa shape index (κ2) is 9.80. The van der Waals surface area contributed by atoms with Gasteiger partial charge in [-0.25, -0.2) is 9.59 Å². The molecule has 0 bridgehead atoms. The molecule has 2 aromatic rings. The van der Waals surface area contributed by atoms with Crippen molar-refractivity contribution in [3.8, 4) is 0 Å². The van der Waals surface area contributed by atoms with Gasteiger partial charge < -0.3 is 20.8 Å². The molecule has 0 radical (unpaired) electrons. The SMILES string of the molecule is CC(C)C(C)NC(=O)c1ccc(C(=O)NC(C)C(C)C)c2c(C(=O)O)ccc(C(=O)O)c12. The van der Waals surface area contributed by atoms with E-state index < -0.39 is 23.8 Å². The summed E-state index contributed by atoms with van der Waals surface area (Å²) in [5.41, 5.74) is -0.499. The minimum atomic E-state index is -1.33. The molecule has 0 saturated carbocycles. The summed E-state index contributed by atoms with van der Waals surface area (Å²) in [5, 5.41) is 25.0. The fraction of sp³-hybridized carbons (Fsp3) is 0.417. The van der Waals surface area contributed by atoms with Gasteiger partial charge in [-0.3, -0.25) is 9.59 Å². The number of carbonyl (C=O) groups excluding carboxylic acids is 2. The summed E-state index contributed by atoms with van der Waals surface area (Å²) < 4.78 is 0. The molecule has 2 atom stereocenters. The third-order valence-electron chi connectivity index (χ3n) is 5.83. The van der Waals surface area contributed by atoms with Gasteiger partial charge in [0.25, 0.3) is 11.8 Å². The summed E-state index contributed by atoms with van der Waals surface area (Å²) in [4.78, 5) is 50.0. The fourth-order valence-corrected chi connectivity index (χ4v) is 3.13. The molecular weight excluding hydrogens is 412 g/mol. The minimum absolute atomic E-state index is 0.00135. The Morgan fingerprint density at radius 1 is 0.594 bits per heavy atom. The van der Waals surface area contributed by atoms with Crippen LogP contribution in [0.3, 0.4) is 0 Å². The summed E-state index contributed by atoms with van der Waals surface area (Å²) in [6.45, 7) is 11.4. The van der Waals surface area contributed by atoms with Gasteiger partial charge in [0.2, 0.25) is 0 Å². The largest absolute Gasteiger partial charge is 0.478 e. The van der Waals surface area contributed by atoms with Gasteiger partial charge in [0.15, 0.2) is 0 Å². The van der Waals surface area contributed by atoms with Gasteiger partial charge in [-0.2, -0.15) is 0 Å². The molecule has 0 saturated heterocycles. The van der Waals surface area contributed by atoms with Gasteiger partial charge in [0, 0.05) is 34.0 Å². The first-order valence-electron chi connectivity index (χ1n) is 10.5. The number of nitrogens with one attached hydrogen (secondary N) is 2. The first-order chi connectivity index (χ1) is 14.9. The molecule has 0 aliphatic carbocycles. The molecule has 8 heteroatoms. The molecule has 0 fully saturated rings. The lowest BCUT2D eigenvalue weighted by Gasteiger charge is -2.21. The zero-order valence-electron chi connectivity index (χ0n) is 19.1. The third kappa shape index (κ3) is 5.07. The maximum atomic E-state index is 13.0. The molecular formula is C24H30N2O6. The van der Waals surface area contributed by atoms with Crippen LogP contribution in [0.15, 0.2) is 24.3 Å². The Kier molecular flexibility index (Phi) is 7.61. The lowest BCUT2D eigenvalue weighted by Crippen LogP contribution is -2.37. The highest BCUT2D eigenvalue weighted by atomic mass is 16.4. The van der Waals surface area contributed by atoms with Crippen molar-refractivity contribution in [2.45, 2.75) is 53.6 Å². The second-order valence-electron chi connectivity index (χ2n) is 8.69. The van der Waals surface area contributed by atoms with Gasteiger partial charge in [0.1, 0.15) is 0 Å². The molecule has 172 valence electrons. The number of hydrogen-bond donors (Lipinski definition) is 4. The average molecular weight is 443 g/mol. The third-order valence-corrected chi connectivity index (χ3v) is 5.83. The highest BCUT2D eigenvalue weighted by Gasteiger charge is 2.26. The number of hydrogen-bond acceptors (Lipinski definition) is 4. The van der Waals surface area contributed by atoms with Crippen molar-refractivity contribution in [1.29, 1.82) is 0 Å². The smallest absolute Gasteiger partial charge is 0.336 e. The molecule has 0 heterocycles. The van der Waals surface area contributed by atoms with Gasteiger partial charge in [-0.15, -0.1) is 0 Å². The average Bonchev–Trinajstić information content (AvgIpc) is 2.71.